The number of fused-ring (bicyclic) bond motifs is 2. The van der Waals surface area contributed by atoms with Crippen LogP contribution in [0.2, 0.25) is 0 Å². The third-order valence-corrected chi connectivity index (χ3v) is 5.63. The molecule has 7 nitrogen and oxygen atoms in total. The van der Waals surface area contributed by atoms with Crippen LogP contribution < -0.4 is 0 Å². The summed E-state index contributed by atoms with van der Waals surface area (Å²) in [7, 11) is 1.84. The second kappa shape index (κ2) is 5.69. The molecule has 2 aliphatic heterocycles. The van der Waals surface area contributed by atoms with Crippen molar-refractivity contribution in [3.05, 3.63) is 35.5 Å². The van der Waals surface area contributed by atoms with E-state index >= 15 is 0 Å². The van der Waals surface area contributed by atoms with Gasteiger partial charge in [0.05, 0.1) is 11.4 Å². The fourth-order valence-corrected chi connectivity index (χ4v) is 4.38. The van der Waals surface area contributed by atoms with Crippen LogP contribution in [0.4, 0.5) is 0 Å². The third-order valence-electron chi connectivity index (χ3n) is 5.63. The monoisotopic (exact) mass is 344 g/mol. The summed E-state index contributed by atoms with van der Waals surface area (Å²) in [5.74, 6) is 0.406. The summed E-state index contributed by atoms with van der Waals surface area (Å²) < 4.78 is 7.02. The van der Waals surface area contributed by atoms with E-state index in [9.17, 15) is 9.90 Å². The largest absolute Gasteiger partial charge is 0.383 e. The van der Waals surface area contributed by atoms with Crippen LogP contribution in [0.25, 0.3) is 0 Å². The number of nitrogens with zero attached hydrogens (tertiary/aromatic N) is 4. The fourth-order valence-electron chi connectivity index (χ4n) is 4.38. The second-order valence-electron chi connectivity index (χ2n) is 7.65. The van der Waals surface area contributed by atoms with E-state index in [4.69, 9.17) is 4.52 Å². The van der Waals surface area contributed by atoms with Crippen LogP contribution in [-0.4, -0.2) is 42.9 Å². The molecule has 3 atom stereocenters. The van der Waals surface area contributed by atoms with Crippen molar-refractivity contribution >= 4 is 5.91 Å². The van der Waals surface area contributed by atoms with Gasteiger partial charge in [0.2, 0.25) is 5.76 Å². The van der Waals surface area contributed by atoms with Crippen LogP contribution in [0, 0.1) is 0 Å². The number of aliphatic hydroxyl groups is 1. The van der Waals surface area contributed by atoms with Crippen molar-refractivity contribution < 1.29 is 14.4 Å². The van der Waals surface area contributed by atoms with E-state index < -0.39 is 5.60 Å². The zero-order valence-electron chi connectivity index (χ0n) is 14.8. The number of hydrogen-bond donors (Lipinski definition) is 1. The van der Waals surface area contributed by atoms with Crippen LogP contribution in [0.5, 0.6) is 0 Å². The van der Waals surface area contributed by atoms with E-state index in [2.05, 4.69) is 10.3 Å². The van der Waals surface area contributed by atoms with Gasteiger partial charge in [-0.1, -0.05) is 19.0 Å². The van der Waals surface area contributed by atoms with Crippen LogP contribution in [0.3, 0.4) is 0 Å². The molecule has 1 amide bonds. The molecule has 2 bridgehead atoms. The van der Waals surface area contributed by atoms with Crippen LogP contribution >= 0.6 is 0 Å². The average Bonchev–Trinajstić information content (AvgIpc) is 3.26. The van der Waals surface area contributed by atoms with Gasteiger partial charge in [0.1, 0.15) is 5.60 Å². The zero-order chi connectivity index (χ0) is 17.8. The van der Waals surface area contributed by atoms with Gasteiger partial charge in [0.15, 0.2) is 0 Å². The number of carbonyl (C=O) groups excluding carboxylic acids is 1. The van der Waals surface area contributed by atoms with E-state index in [1.165, 1.54) is 0 Å². The Morgan fingerprint density at radius 1 is 1.36 bits per heavy atom. The first-order valence-corrected chi connectivity index (χ1v) is 8.89. The van der Waals surface area contributed by atoms with Crippen molar-refractivity contribution in [3.63, 3.8) is 0 Å². The smallest absolute Gasteiger partial charge is 0.292 e. The fraction of sp³-hybridized carbons (Fsp3) is 0.611. The molecule has 0 saturated carbocycles. The van der Waals surface area contributed by atoms with Crippen LogP contribution in [0.1, 0.15) is 67.4 Å². The van der Waals surface area contributed by atoms with Crippen molar-refractivity contribution in [1.29, 1.82) is 0 Å². The maximum Gasteiger partial charge on any atom is 0.292 e. The molecule has 4 heterocycles. The van der Waals surface area contributed by atoms with E-state index in [0.29, 0.717) is 18.6 Å². The Morgan fingerprint density at radius 3 is 2.56 bits per heavy atom. The molecule has 1 unspecified atom stereocenters. The Kier molecular flexibility index (Phi) is 3.72. The minimum absolute atomic E-state index is 0.0127. The maximum absolute atomic E-state index is 13.0. The average molecular weight is 344 g/mol. The molecule has 0 aromatic carbocycles. The molecular formula is C18H24N4O3. The summed E-state index contributed by atoms with van der Waals surface area (Å²) in [6, 6.07) is 3.63. The van der Waals surface area contributed by atoms with Gasteiger partial charge in [-0.05, 0) is 24.8 Å². The lowest BCUT2D eigenvalue weighted by Gasteiger charge is -2.43. The highest BCUT2D eigenvalue weighted by Gasteiger charge is 2.51. The highest BCUT2D eigenvalue weighted by Crippen LogP contribution is 2.46. The van der Waals surface area contributed by atoms with E-state index in [0.717, 1.165) is 24.2 Å². The Morgan fingerprint density at radius 2 is 2.04 bits per heavy atom. The summed E-state index contributed by atoms with van der Waals surface area (Å²) in [5.41, 5.74) is 0.676. The van der Waals surface area contributed by atoms with Gasteiger partial charge < -0.3 is 14.5 Å². The lowest BCUT2D eigenvalue weighted by atomic mass is 9.83. The normalized spacial score (nSPS) is 28.8. The molecule has 25 heavy (non-hydrogen) atoms. The topological polar surface area (TPSA) is 84.4 Å². The summed E-state index contributed by atoms with van der Waals surface area (Å²) in [5, 5.41) is 19.4. The first kappa shape index (κ1) is 16.3. The quantitative estimate of drug-likeness (QED) is 0.922. The standard InChI is InChI=1S/C18H24N4O3/c1-11(2)14-8-15(25-20-14)17(23)22-12-4-5-13(22)10-18(24,9-12)16-6-7-19-21(16)3/h6-8,11-13,24H,4-5,9-10H2,1-3H3/t12-,13+,18?. The van der Waals surface area contributed by atoms with Crippen molar-refractivity contribution in [2.75, 3.05) is 0 Å². The van der Waals surface area contributed by atoms with Gasteiger partial charge in [-0.2, -0.15) is 5.10 Å². The highest BCUT2D eigenvalue weighted by atomic mass is 16.5. The molecule has 134 valence electrons. The summed E-state index contributed by atoms with van der Waals surface area (Å²) in [4.78, 5) is 14.9. The number of aromatic nitrogens is 3. The van der Waals surface area contributed by atoms with Crippen molar-refractivity contribution in [1.82, 2.24) is 19.8 Å². The number of rotatable bonds is 3. The summed E-state index contributed by atoms with van der Waals surface area (Å²) in [6.07, 6.45) is 4.57. The van der Waals surface area contributed by atoms with Gasteiger partial charge in [-0.25, -0.2) is 0 Å². The number of piperidine rings is 1. The van der Waals surface area contributed by atoms with Crippen molar-refractivity contribution in [2.24, 2.45) is 7.05 Å². The first-order chi connectivity index (χ1) is 11.9. The predicted molar refractivity (Wildman–Crippen MR) is 89.9 cm³/mol. The molecule has 4 rings (SSSR count). The molecule has 0 spiro atoms. The lowest BCUT2D eigenvalue weighted by molar-refractivity contribution is -0.0538. The van der Waals surface area contributed by atoms with Gasteiger partial charge in [0.25, 0.3) is 5.91 Å². The number of hydrogen-bond acceptors (Lipinski definition) is 5. The molecule has 2 aliphatic rings. The Balaban J connectivity index is 1.58. The molecule has 1 N–H and O–H groups in total. The Labute approximate surface area is 146 Å². The third kappa shape index (κ3) is 2.57. The first-order valence-electron chi connectivity index (χ1n) is 8.89. The minimum Gasteiger partial charge on any atom is -0.383 e. The maximum atomic E-state index is 13.0. The minimum atomic E-state index is -0.932. The molecule has 0 aliphatic carbocycles. The van der Waals surface area contributed by atoms with Gasteiger partial charge in [0, 0.05) is 44.2 Å². The molecule has 2 aromatic rings. The van der Waals surface area contributed by atoms with E-state index in [1.807, 2.05) is 31.9 Å². The molecule has 0 radical (unpaired) electrons. The highest BCUT2D eigenvalue weighted by molar-refractivity contribution is 5.92. The molecule has 2 aromatic heterocycles. The summed E-state index contributed by atoms with van der Waals surface area (Å²) in [6.45, 7) is 4.04. The number of aryl methyl sites for hydroxylation is 1. The Hall–Kier alpha value is -2.15. The van der Waals surface area contributed by atoms with Gasteiger partial charge >= 0.3 is 0 Å². The number of carbonyl (C=O) groups is 1. The molecular weight excluding hydrogens is 320 g/mol. The van der Waals surface area contributed by atoms with E-state index in [1.54, 1.807) is 16.9 Å². The van der Waals surface area contributed by atoms with Crippen molar-refractivity contribution in [2.45, 2.75) is 63.1 Å². The van der Waals surface area contributed by atoms with Gasteiger partial charge in [-0.15, -0.1) is 0 Å². The predicted octanol–water partition coefficient (Wildman–Crippen LogP) is 2.19. The van der Waals surface area contributed by atoms with Crippen LogP contribution in [0.15, 0.2) is 22.9 Å². The second-order valence-corrected chi connectivity index (χ2v) is 7.65. The SMILES string of the molecule is CC(C)c1cc(C(=O)N2[C@@H]3CC[C@H]2CC(O)(c2ccnn2C)C3)on1. The Bertz CT molecular complexity index is 780. The molecule has 7 heteroatoms. The zero-order valence-corrected chi connectivity index (χ0v) is 14.8. The number of amides is 1. The lowest BCUT2D eigenvalue weighted by Crippen LogP contribution is -2.52. The van der Waals surface area contributed by atoms with Gasteiger partial charge in [-0.3, -0.25) is 9.48 Å². The molecule has 2 saturated heterocycles. The molecule has 2 fully saturated rings. The summed E-state index contributed by atoms with van der Waals surface area (Å²) >= 11 is 0. The van der Waals surface area contributed by atoms with E-state index in [-0.39, 0.29) is 23.9 Å². The van der Waals surface area contributed by atoms with Crippen molar-refractivity contribution in [3.8, 4) is 0 Å². The van der Waals surface area contributed by atoms with Crippen LogP contribution in [-0.2, 0) is 12.6 Å².